The Balaban J connectivity index is 2.50. The highest BCUT2D eigenvalue weighted by Gasteiger charge is 2.18. The van der Waals surface area contributed by atoms with Gasteiger partial charge < -0.3 is 10.3 Å². The Kier molecular flexibility index (Phi) is 3.76. The third-order valence-corrected chi connectivity index (χ3v) is 3.36. The van der Waals surface area contributed by atoms with Crippen LogP contribution >= 0.6 is 15.9 Å². The highest BCUT2D eigenvalue weighted by atomic mass is 79.9. The maximum Gasteiger partial charge on any atom is 0.172 e. The van der Waals surface area contributed by atoms with E-state index in [9.17, 15) is 0 Å². The molecule has 0 saturated heterocycles. The highest BCUT2D eigenvalue weighted by molar-refractivity contribution is 9.10. The Labute approximate surface area is 115 Å². The van der Waals surface area contributed by atoms with Gasteiger partial charge in [-0.05, 0) is 43.0 Å². The summed E-state index contributed by atoms with van der Waals surface area (Å²) in [5.41, 5.74) is 9.10. The van der Waals surface area contributed by atoms with Crippen molar-refractivity contribution in [2.24, 2.45) is 5.92 Å². The van der Waals surface area contributed by atoms with Crippen LogP contribution in [0.4, 0.5) is 5.82 Å². The van der Waals surface area contributed by atoms with E-state index in [0.29, 0.717) is 11.7 Å². The third-order valence-electron chi connectivity index (χ3n) is 2.86. The van der Waals surface area contributed by atoms with Gasteiger partial charge in [0.25, 0.3) is 0 Å². The zero-order chi connectivity index (χ0) is 13.3. The summed E-state index contributed by atoms with van der Waals surface area (Å²) >= 11 is 3.46. The van der Waals surface area contributed by atoms with Gasteiger partial charge >= 0.3 is 0 Å². The van der Waals surface area contributed by atoms with E-state index >= 15 is 0 Å². The number of halogens is 1. The van der Waals surface area contributed by atoms with Gasteiger partial charge in [-0.25, -0.2) is 0 Å². The van der Waals surface area contributed by atoms with Gasteiger partial charge in [0.1, 0.15) is 0 Å². The third kappa shape index (κ3) is 2.58. The lowest BCUT2D eigenvalue weighted by molar-refractivity contribution is 0.434. The first kappa shape index (κ1) is 13.1. The van der Waals surface area contributed by atoms with Gasteiger partial charge in [-0.1, -0.05) is 34.9 Å². The van der Waals surface area contributed by atoms with Crippen LogP contribution in [0.2, 0.25) is 0 Å². The molecule has 0 radical (unpaired) electrons. The van der Waals surface area contributed by atoms with Crippen molar-refractivity contribution in [3.8, 4) is 11.3 Å². The molecule has 4 heteroatoms. The molecule has 3 nitrogen and oxygen atoms in total. The van der Waals surface area contributed by atoms with Crippen molar-refractivity contribution in [2.75, 3.05) is 5.73 Å². The number of rotatable bonds is 3. The van der Waals surface area contributed by atoms with Crippen molar-refractivity contribution in [3.05, 3.63) is 33.8 Å². The minimum absolute atomic E-state index is 0.501. The molecule has 2 aromatic rings. The van der Waals surface area contributed by atoms with Crippen LogP contribution in [0.3, 0.4) is 0 Å². The van der Waals surface area contributed by atoms with Gasteiger partial charge in [0.2, 0.25) is 0 Å². The van der Waals surface area contributed by atoms with Crippen molar-refractivity contribution in [3.63, 3.8) is 0 Å². The van der Waals surface area contributed by atoms with Crippen molar-refractivity contribution in [1.82, 2.24) is 5.16 Å². The Morgan fingerprint density at radius 3 is 2.72 bits per heavy atom. The Hall–Kier alpha value is -1.29. The van der Waals surface area contributed by atoms with Crippen LogP contribution in [-0.4, -0.2) is 5.16 Å². The topological polar surface area (TPSA) is 52.0 Å². The van der Waals surface area contributed by atoms with Crippen LogP contribution in [-0.2, 0) is 6.42 Å². The molecule has 96 valence electrons. The number of hydrogen-bond donors (Lipinski definition) is 1. The number of hydrogen-bond acceptors (Lipinski definition) is 3. The lowest BCUT2D eigenvalue weighted by Crippen LogP contribution is -1.99. The van der Waals surface area contributed by atoms with Crippen LogP contribution in [0.1, 0.15) is 25.0 Å². The molecular weight excluding hydrogens is 292 g/mol. The molecular formula is C14H17BrN2O. The van der Waals surface area contributed by atoms with Crippen LogP contribution in [0.5, 0.6) is 0 Å². The molecule has 0 bridgehead atoms. The molecule has 0 amide bonds. The normalized spacial score (nSPS) is 11.2. The van der Waals surface area contributed by atoms with Gasteiger partial charge in [0.05, 0.1) is 0 Å². The Morgan fingerprint density at radius 2 is 2.11 bits per heavy atom. The minimum Gasteiger partial charge on any atom is -0.381 e. The summed E-state index contributed by atoms with van der Waals surface area (Å²) in [5.74, 6) is 1.81. The van der Waals surface area contributed by atoms with Gasteiger partial charge in [-0.15, -0.1) is 0 Å². The van der Waals surface area contributed by atoms with E-state index < -0.39 is 0 Å². The summed E-state index contributed by atoms with van der Waals surface area (Å²) in [5, 5.41) is 3.90. The average Bonchev–Trinajstić information content (AvgIpc) is 2.60. The average molecular weight is 309 g/mol. The summed E-state index contributed by atoms with van der Waals surface area (Å²) in [6, 6.07) is 6.09. The zero-order valence-corrected chi connectivity index (χ0v) is 12.4. The van der Waals surface area contributed by atoms with E-state index in [0.717, 1.165) is 33.3 Å². The lowest BCUT2D eigenvalue weighted by Gasteiger charge is -2.07. The van der Waals surface area contributed by atoms with Gasteiger partial charge in [0.15, 0.2) is 11.6 Å². The van der Waals surface area contributed by atoms with Crippen LogP contribution in [0.25, 0.3) is 11.3 Å². The zero-order valence-electron chi connectivity index (χ0n) is 10.8. The smallest absolute Gasteiger partial charge is 0.172 e. The maximum atomic E-state index is 5.89. The SMILES string of the molecule is Cc1cc(Br)ccc1-c1onc(N)c1CC(C)C. The first-order valence-corrected chi connectivity index (χ1v) is 6.79. The van der Waals surface area contributed by atoms with Gasteiger partial charge in [-0.3, -0.25) is 0 Å². The fourth-order valence-corrected chi connectivity index (χ4v) is 2.50. The highest BCUT2D eigenvalue weighted by Crippen LogP contribution is 2.33. The second kappa shape index (κ2) is 5.14. The summed E-state index contributed by atoms with van der Waals surface area (Å²) in [6.45, 7) is 6.37. The predicted molar refractivity (Wildman–Crippen MR) is 77.3 cm³/mol. The molecule has 2 rings (SSSR count). The number of nitrogen functional groups attached to an aromatic ring is 1. The number of nitrogens with zero attached hydrogens (tertiary/aromatic N) is 1. The molecule has 0 spiro atoms. The molecule has 0 atom stereocenters. The molecule has 0 saturated carbocycles. The molecule has 1 aromatic heterocycles. The summed E-state index contributed by atoms with van der Waals surface area (Å²) in [4.78, 5) is 0. The molecule has 0 fully saturated rings. The standard InChI is InChI=1S/C14H17BrN2O/c1-8(2)6-12-13(18-17-14(12)16)11-5-4-10(15)7-9(11)3/h4-5,7-8H,6H2,1-3H3,(H2,16,17). The molecule has 2 N–H and O–H groups in total. The Morgan fingerprint density at radius 1 is 1.39 bits per heavy atom. The van der Waals surface area contributed by atoms with Crippen molar-refractivity contribution in [1.29, 1.82) is 0 Å². The van der Waals surface area contributed by atoms with E-state index in [2.05, 4.69) is 47.9 Å². The van der Waals surface area contributed by atoms with Crippen LogP contribution in [0, 0.1) is 12.8 Å². The van der Waals surface area contributed by atoms with Gasteiger partial charge in [-0.2, -0.15) is 0 Å². The minimum atomic E-state index is 0.501. The first-order valence-electron chi connectivity index (χ1n) is 5.99. The molecule has 0 unspecified atom stereocenters. The van der Waals surface area contributed by atoms with E-state index in [1.54, 1.807) is 0 Å². The largest absolute Gasteiger partial charge is 0.381 e. The molecule has 0 aliphatic rings. The van der Waals surface area contributed by atoms with E-state index in [4.69, 9.17) is 10.3 Å². The summed E-state index contributed by atoms with van der Waals surface area (Å²) in [6.07, 6.45) is 0.875. The van der Waals surface area contributed by atoms with E-state index in [1.807, 2.05) is 12.1 Å². The number of nitrogens with two attached hydrogens (primary N) is 1. The fourth-order valence-electron chi connectivity index (χ4n) is 2.02. The number of benzene rings is 1. The summed E-state index contributed by atoms with van der Waals surface area (Å²) in [7, 11) is 0. The van der Waals surface area contributed by atoms with Crippen molar-refractivity contribution >= 4 is 21.7 Å². The maximum absolute atomic E-state index is 5.89. The van der Waals surface area contributed by atoms with Crippen molar-refractivity contribution < 1.29 is 4.52 Å². The van der Waals surface area contributed by atoms with E-state index in [1.165, 1.54) is 0 Å². The van der Waals surface area contributed by atoms with Gasteiger partial charge in [0, 0.05) is 15.6 Å². The lowest BCUT2D eigenvalue weighted by atomic mass is 9.97. The molecule has 18 heavy (non-hydrogen) atoms. The van der Waals surface area contributed by atoms with Crippen molar-refractivity contribution in [2.45, 2.75) is 27.2 Å². The van der Waals surface area contributed by atoms with E-state index in [-0.39, 0.29) is 0 Å². The molecule has 1 aromatic carbocycles. The number of aromatic nitrogens is 1. The second-order valence-corrected chi connectivity index (χ2v) is 5.85. The fraction of sp³-hybridized carbons (Fsp3) is 0.357. The number of aryl methyl sites for hydroxylation is 1. The molecule has 1 heterocycles. The first-order chi connectivity index (χ1) is 8.49. The molecule has 0 aliphatic heterocycles. The molecule has 0 aliphatic carbocycles. The quantitative estimate of drug-likeness (QED) is 0.924. The second-order valence-electron chi connectivity index (χ2n) is 4.93. The summed E-state index contributed by atoms with van der Waals surface area (Å²) < 4.78 is 6.47. The monoisotopic (exact) mass is 308 g/mol. The van der Waals surface area contributed by atoms with Crippen LogP contribution < -0.4 is 5.73 Å². The van der Waals surface area contributed by atoms with Crippen LogP contribution in [0.15, 0.2) is 27.2 Å². The Bertz CT molecular complexity index is 561. The predicted octanol–water partition coefficient (Wildman–Crippen LogP) is 4.19. The number of anilines is 1.